The van der Waals surface area contributed by atoms with E-state index in [0.717, 1.165) is 37.7 Å². The van der Waals surface area contributed by atoms with E-state index in [0.29, 0.717) is 10.6 Å². The van der Waals surface area contributed by atoms with Crippen LogP contribution in [-0.2, 0) is 0 Å². The third kappa shape index (κ3) is 3.26. The van der Waals surface area contributed by atoms with Crippen LogP contribution in [0.2, 0.25) is 5.02 Å². The summed E-state index contributed by atoms with van der Waals surface area (Å²) in [7, 11) is 0. The van der Waals surface area contributed by atoms with Crippen LogP contribution in [0, 0.1) is 11.3 Å². The van der Waals surface area contributed by atoms with Gasteiger partial charge in [-0.3, -0.25) is 4.79 Å². The third-order valence-electron chi connectivity index (χ3n) is 4.06. The SMILES string of the molecule is N#Cc1nc(N2CCN(c3ccc(C(N)=O)cc3)CC2)ccc1Cl. The molecular weight excluding hydrogens is 326 g/mol. The Kier molecular flexibility index (Phi) is 4.54. The number of carbonyl (C=O) groups is 1. The van der Waals surface area contributed by atoms with Gasteiger partial charge in [-0.1, -0.05) is 11.6 Å². The van der Waals surface area contributed by atoms with E-state index in [1.165, 1.54) is 0 Å². The topological polar surface area (TPSA) is 86.2 Å². The summed E-state index contributed by atoms with van der Waals surface area (Å²) in [5.74, 6) is 0.341. The number of carbonyl (C=O) groups excluding carboxylic acids is 1. The molecule has 0 atom stereocenters. The van der Waals surface area contributed by atoms with E-state index in [1.54, 1.807) is 18.2 Å². The molecule has 2 N–H and O–H groups in total. The molecular formula is C17H16ClN5O. The van der Waals surface area contributed by atoms with Crippen molar-refractivity contribution < 1.29 is 4.79 Å². The summed E-state index contributed by atoms with van der Waals surface area (Å²) in [5, 5.41) is 9.41. The van der Waals surface area contributed by atoms with Gasteiger partial charge < -0.3 is 15.5 Å². The predicted molar refractivity (Wildman–Crippen MR) is 93.3 cm³/mol. The van der Waals surface area contributed by atoms with Crippen molar-refractivity contribution in [3.63, 3.8) is 0 Å². The maximum atomic E-state index is 11.1. The molecule has 3 rings (SSSR count). The highest BCUT2D eigenvalue weighted by Gasteiger charge is 2.19. The number of primary amides is 1. The minimum atomic E-state index is -0.423. The molecule has 1 amide bonds. The van der Waals surface area contributed by atoms with Gasteiger partial charge in [0.15, 0.2) is 5.69 Å². The molecule has 6 nitrogen and oxygen atoms in total. The number of rotatable bonds is 3. The fourth-order valence-electron chi connectivity index (χ4n) is 2.72. The van der Waals surface area contributed by atoms with Gasteiger partial charge in [0.05, 0.1) is 5.02 Å². The van der Waals surface area contributed by atoms with Crippen molar-refractivity contribution in [3.8, 4) is 6.07 Å². The highest BCUT2D eigenvalue weighted by atomic mass is 35.5. The lowest BCUT2D eigenvalue weighted by molar-refractivity contribution is 0.100. The van der Waals surface area contributed by atoms with Crippen LogP contribution in [0.1, 0.15) is 16.1 Å². The molecule has 1 aliphatic heterocycles. The number of benzene rings is 1. The molecule has 0 radical (unpaired) electrons. The standard InChI is InChI=1S/C17H16ClN5O/c18-14-5-6-16(21-15(14)11-19)23-9-7-22(8-10-23)13-3-1-12(2-4-13)17(20)24/h1-6H,7-10H2,(H2,20,24). The molecule has 0 aliphatic carbocycles. The van der Waals surface area contributed by atoms with Gasteiger partial charge in [-0.2, -0.15) is 5.26 Å². The van der Waals surface area contributed by atoms with E-state index >= 15 is 0 Å². The number of hydrogen-bond donors (Lipinski definition) is 1. The molecule has 1 aromatic carbocycles. The highest BCUT2D eigenvalue weighted by molar-refractivity contribution is 6.31. The van der Waals surface area contributed by atoms with Crippen LogP contribution in [0.25, 0.3) is 0 Å². The fourth-order valence-corrected chi connectivity index (χ4v) is 2.86. The van der Waals surface area contributed by atoms with Crippen LogP contribution in [-0.4, -0.2) is 37.1 Å². The number of halogens is 1. The van der Waals surface area contributed by atoms with Gasteiger partial charge in [0.25, 0.3) is 0 Å². The van der Waals surface area contributed by atoms with Crippen LogP contribution in [0.4, 0.5) is 11.5 Å². The van der Waals surface area contributed by atoms with Crippen molar-refractivity contribution in [3.05, 3.63) is 52.7 Å². The van der Waals surface area contributed by atoms with E-state index in [9.17, 15) is 4.79 Å². The lowest BCUT2D eigenvalue weighted by Crippen LogP contribution is -2.46. The first-order valence-electron chi connectivity index (χ1n) is 7.55. The molecule has 0 saturated carbocycles. The van der Waals surface area contributed by atoms with E-state index in [4.69, 9.17) is 22.6 Å². The quantitative estimate of drug-likeness (QED) is 0.923. The first-order valence-corrected chi connectivity index (χ1v) is 7.92. The monoisotopic (exact) mass is 341 g/mol. The smallest absolute Gasteiger partial charge is 0.248 e. The van der Waals surface area contributed by atoms with Crippen LogP contribution >= 0.6 is 11.6 Å². The van der Waals surface area contributed by atoms with Crippen molar-refractivity contribution in [2.45, 2.75) is 0 Å². The number of anilines is 2. The number of pyridine rings is 1. The Morgan fingerprint density at radius 1 is 1.08 bits per heavy atom. The second-order valence-electron chi connectivity index (χ2n) is 5.50. The summed E-state index contributed by atoms with van der Waals surface area (Å²) >= 11 is 5.93. The molecule has 0 spiro atoms. The Hall–Kier alpha value is -2.78. The third-order valence-corrected chi connectivity index (χ3v) is 4.36. The minimum absolute atomic E-state index is 0.249. The summed E-state index contributed by atoms with van der Waals surface area (Å²) in [5.41, 5.74) is 7.07. The number of nitrogens with zero attached hydrogens (tertiary/aromatic N) is 4. The maximum absolute atomic E-state index is 11.1. The van der Waals surface area contributed by atoms with Crippen molar-refractivity contribution in [1.29, 1.82) is 5.26 Å². The second kappa shape index (κ2) is 6.77. The molecule has 2 heterocycles. The number of amides is 1. The van der Waals surface area contributed by atoms with Gasteiger partial charge in [0, 0.05) is 37.4 Å². The molecule has 1 saturated heterocycles. The van der Waals surface area contributed by atoms with Crippen LogP contribution in [0.5, 0.6) is 0 Å². The Labute approximate surface area is 145 Å². The zero-order valence-corrected chi connectivity index (χ0v) is 13.7. The van der Waals surface area contributed by atoms with Gasteiger partial charge >= 0.3 is 0 Å². The minimum Gasteiger partial charge on any atom is -0.368 e. The molecule has 1 aliphatic rings. The van der Waals surface area contributed by atoms with E-state index < -0.39 is 5.91 Å². The maximum Gasteiger partial charge on any atom is 0.248 e. The number of aromatic nitrogens is 1. The van der Waals surface area contributed by atoms with Crippen molar-refractivity contribution in [2.24, 2.45) is 5.73 Å². The lowest BCUT2D eigenvalue weighted by Gasteiger charge is -2.36. The van der Waals surface area contributed by atoms with E-state index in [-0.39, 0.29) is 5.69 Å². The number of piperazine rings is 1. The second-order valence-corrected chi connectivity index (χ2v) is 5.90. The van der Waals surface area contributed by atoms with Crippen molar-refractivity contribution in [2.75, 3.05) is 36.0 Å². The lowest BCUT2D eigenvalue weighted by atomic mass is 10.1. The molecule has 0 unspecified atom stereocenters. The first-order chi connectivity index (χ1) is 11.6. The number of nitriles is 1. The summed E-state index contributed by atoms with van der Waals surface area (Å²) in [6.45, 7) is 3.22. The van der Waals surface area contributed by atoms with Crippen molar-refractivity contribution >= 4 is 29.0 Å². The average molecular weight is 342 g/mol. The van der Waals surface area contributed by atoms with Gasteiger partial charge in [0.1, 0.15) is 11.9 Å². The molecule has 24 heavy (non-hydrogen) atoms. The van der Waals surface area contributed by atoms with E-state index in [1.807, 2.05) is 24.3 Å². The largest absolute Gasteiger partial charge is 0.368 e. The zero-order chi connectivity index (χ0) is 17.1. The van der Waals surface area contributed by atoms with Gasteiger partial charge in [-0.05, 0) is 36.4 Å². The van der Waals surface area contributed by atoms with Gasteiger partial charge in [-0.25, -0.2) is 4.98 Å². The Morgan fingerprint density at radius 3 is 2.29 bits per heavy atom. The molecule has 0 bridgehead atoms. The van der Waals surface area contributed by atoms with Crippen molar-refractivity contribution in [1.82, 2.24) is 4.98 Å². The molecule has 122 valence electrons. The highest BCUT2D eigenvalue weighted by Crippen LogP contribution is 2.22. The van der Waals surface area contributed by atoms with Crippen LogP contribution < -0.4 is 15.5 Å². The Balaban J connectivity index is 1.67. The fraction of sp³-hybridized carbons (Fsp3) is 0.235. The van der Waals surface area contributed by atoms with E-state index in [2.05, 4.69) is 14.8 Å². The predicted octanol–water partition coefficient (Wildman–Crippen LogP) is 2.03. The zero-order valence-electron chi connectivity index (χ0n) is 12.9. The normalized spacial score (nSPS) is 14.3. The summed E-state index contributed by atoms with van der Waals surface area (Å²) in [6, 6.07) is 12.8. The molecule has 2 aromatic rings. The summed E-state index contributed by atoms with van der Waals surface area (Å²) in [4.78, 5) is 19.8. The average Bonchev–Trinajstić information content (AvgIpc) is 2.62. The number of nitrogens with two attached hydrogens (primary N) is 1. The van der Waals surface area contributed by atoms with Gasteiger partial charge in [0.2, 0.25) is 5.91 Å². The van der Waals surface area contributed by atoms with Crippen LogP contribution in [0.3, 0.4) is 0 Å². The van der Waals surface area contributed by atoms with Gasteiger partial charge in [-0.15, -0.1) is 0 Å². The molecule has 7 heteroatoms. The number of hydrogen-bond acceptors (Lipinski definition) is 5. The Morgan fingerprint density at radius 2 is 1.71 bits per heavy atom. The molecule has 1 aromatic heterocycles. The molecule has 1 fully saturated rings. The summed E-state index contributed by atoms with van der Waals surface area (Å²) in [6.07, 6.45) is 0. The van der Waals surface area contributed by atoms with Crippen LogP contribution in [0.15, 0.2) is 36.4 Å². The Bertz CT molecular complexity index is 792. The summed E-state index contributed by atoms with van der Waals surface area (Å²) < 4.78 is 0. The first kappa shape index (κ1) is 16.1.